The van der Waals surface area contributed by atoms with Crippen molar-refractivity contribution in [3.63, 3.8) is 0 Å². The lowest BCUT2D eigenvalue weighted by atomic mass is 10.2. The minimum absolute atomic E-state index is 0. The first kappa shape index (κ1) is 23.6. The Hall–Kier alpha value is -1.39. The lowest BCUT2D eigenvalue weighted by molar-refractivity contribution is -0.133. The van der Waals surface area contributed by atoms with Crippen molar-refractivity contribution < 1.29 is 9.32 Å². The largest absolute Gasteiger partial charge is 0.356 e. The first-order chi connectivity index (χ1) is 12.4. The number of aryl methyl sites for hydroxylation is 1. The second-order valence-corrected chi connectivity index (χ2v) is 7.37. The molecule has 0 bridgehead atoms. The summed E-state index contributed by atoms with van der Waals surface area (Å²) in [5, 5.41) is 10.7. The predicted octanol–water partition coefficient (Wildman–Crippen LogP) is 2.17. The number of hydrogen-bond acceptors (Lipinski definition) is 5. The fraction of sp³-hybridized carbons (Fsp3) is 0.778. The van der Waals surface area contributed by atoms with E-state index in [0.29, 0.717) is 5.89 Å². The van der Waals surface area contributed by atoms with E-state index in [1.54, 1.807) is 7.05 Å². The lowest BCUT2D eigenvalue weighted by Gasteiger charge is -2.20. The van der Waals surface area contributed by atoms with E-state index in [4.69, 9.17) is 4.52 Å². The maximum absolute atomic E-state index is 12.1. The maximum atomic E-state index is 12.1. The van der Waals surface area contributed by atoms with Crippen LogP contribution < -0.4 is 10.6 Å². The summed E-state index contributed by atoms with van der Waals surface area (Å²) in [6.07, 6.45) is 2.56. The molecule has 9 heteroatoms. The molecule has 2 rings (SSSR count). The number of aromatic nitrogens is 2. The van der Waals surface area contributed by atoms with Crippen molar-refractivity contribution in [3.8, 4) is 0 Å². The predicted molar refractivity (Wildman–Crippen MR) is 116 cm³/mol. The number of carbonyl (C=O) groups is 1. The summed E-state index contributed by atoms with van der Waals surface area (Å²) in [6, 6.07) is 0.244. The summed E-state index contributed by atoms with van der Waals surface area (Å²) in [5.74, 6) is 2.75. The minimum atomic E-state index is 0. The number of carbonyl (C=O) groups excluding carboxylic acids is 1. The van der Waals surface area contributed by atoms with E-state index in [9.17, 15) is 4.79 Å². The normalized spacial score (nSPS) is 17.4. The molecule has 0 saturated carbocycles. The average molecular weight is 492 g/mol. The van der Waals surface area contributed by atoms with Crippen LogP contribution in [-0.4, -0.2) is 59.6 Å². The number of guanidine groups is 1. The van der Waals surface area contributed by atoms with Crippen molar-refractivity contribution in [2.45, 2.75) is 58.9 Å². The first-order valence-electron chi connectivity index (χ1n) is 9.49. The van der Waals surface area contributed by atoms with E-state index < -0.39 is 0 Å². The molecule has 1 saturated heterocycles. The van der Waals surface area contributed by atoms with Gasteiger partial charge in [0.1, 0.15) is 0 Å². The zero-order valence-electron chi connectivity index (χ0n) is 17.0. The highest BCUT2D eigenvalue weighted by Crippen LogP contribution is 2.13. The van der Waals surface area contributed by atoms with Crippen LogP contribution in [0.2, 0.25) is 0 Å². The number of nitrogens with one attached hydrogen (secondary N) is 2. The SMILES string of the molecule is CN=C(NCCCc1nc(C(C)C)no1)NC1CCN(C(=O)C(C)C)C1.I. The van der Waals surface area contributed by atoms with Crippen LogP contribution in [0.25, 0.3) is 0 Å². The molecule has 1 unspecified atom stereocenters. The number of hydrogen-bond donors (Lipinski definition) is 2. The fourth-order valence-corrected chi connectivity index (χ4v) is 2.88. The Bertz CT molecular complexity index is 617. The zero-order valence-corrected chi connectivity index (χ0v) is 19.3. The highest BCUT2D eigenvalue weighted by molar-refractivity contribution is 14.0. The van der Waals surface area contributed by atoms with Gasteiger partial charge in [-0.05, 0) is 12.8 Å². The van der Waals surface area contributed by atoms with E-state index in [1.807, 2.05) is 32.6 Å². The highest BCUT2D eigenvalue weighted by atomic mass is 127. The van der Waals surface area contributed by atoms with Gasteiger partial charge in [-0.15, -0.1) is 24.0 Å². The summed E-state index contributed by atoms with van der Waals surface area (Å²) in [7, 11) is 1.76. The first-order valence-corrected chi connectivity index (χ1v) is 9.49. The van der Waals surface area contributed by atoms with Gasteiger partial charge in [0, 0.05) is 51.0 Å². The standard InChI is InChI=1S/C18H32N6O2.HI/c1-12(2)16-22-15(26-23-16)7-6-9-20-18(19-5)21-14-8-10-24(11-14)17(25)13(3)4;/h12-14H,6-11H2,1-5H3,(H2,19,20,21);1H. The molecule has 1 aromatic heterocycles. The molecule has 27 heavy (non-hydrogen) atoms. The monoisotopic (exact) mass is 492 g/mol. The van der Waals surface area contributed by atoms with Crippen LogP contribution in [0.1, 0.15) is 58.2 Å². The molecule has 0 radical (unpaired) electrons. The number of halogens is 1. The molecule has 2 N–H and O–H groups in total. The van der Waals surface area contributed by atoms with Crippen molar-refractivity contribution in [3.05, 3.63) is 11.7 Å². The molecule has 0 spiro atoms. The van der Waals surface area contributed by atoms with Gasteiger partial charge in [-0.2, -0.15) is 4.98 Å². The topological polar surface area (TPSA) is 95.7 Å². The molecular formula is C18H33IN6O2. The van der Waals surface area contributed by atoms with Gasteiger partial charge in [0.25, 0.3) is 0 Å². The third kappa shape index (κ3) is 7.27. The molecule has 154 valence electrons. The van der Waals surface area contributed by atoms with Gasteiger partial charge >= 0.3 is 0 Å². The van der Waals surface area contributed by atoms with Crippen molar-refractivity contribution in [1.29, 1.82) is 0 Å². The lowest BCUT2D eigenvalue weighted by Crippen LogP contribution is -2.45. The summed E-state index contributed by atoms with van der Waals surface area (Å²) >= 11 is 0. The van der Waals surface area contributed by atoms with Crippen LogP contribution in [0, 0.1) is 5.92 Å². The van der Waals surface area contributed by atoms with Gasteiger partial charge in [-0.3, -0.25) is 9.79 Å². The number of rotatable bonds is 7. The Kier molecular flexibility index (Phi) is 10.0. The molecule has 8 nitrogen and oxygen atoms in total. The minimum Gasteiger partial charge on any atom is -0.356 e. The Labute approximate surface area is 179 Å². The van der Waals surface area contributed by atoms with Gasteiger partial charge in [0.2, 0.25) is 11.8 Å². The molecule has 1 amide bonds. The molecule has 0 aliphatic carbocycles. The summed E-state index contributed by atoms with van der Waals surface area (Å²) in [4.78, 5) is 22.6. The van der Waals surface area contributed by atoms with Crippen molar-refractivity contribution in [2.24, 2.45) is 10.9 Å². The van der Waals surface area contributed by atoms with E-state index in [-0.39, 0.29) is 47.8 Å². The second-order valence-electron chi connectivity index (χ2n) is 7.37. The van der Waals surface area contributed by atoms with Gasteiger partial charge in [-0.25, -0.2) is 0 Å². The molecule has 1 aliphatic heterocycles. The fourth-order valence-electron chi connectivity index (χ4n) is 2.88. The van der Waals surface area contributed by atoms with Crippen molar-refractivity contribution >= 4 is 35.8 Å². The van der Waals surface area contributed by atoms with Crippen LogP contribution in [0.5, 0.6) is 0 Å². The third-order valence-electron chi connectivity index (χ3n) is 4.42. The van der Waals surface area contributed by atoms with Gasteiger partial charge in [0.15, 0.2) is 11.8 Å². The Morgan fingerprint density at radius 3 is 2.70 bits per heavy atom. The molecule has 1 fully saturated rings. The number of aliphatic imine (C=N–C) groups is 1. The van der Waals surface area contributed by atoms with Crippen molar-refractivity contribution in [1.82, 2.24) is 25.7 Å². The van der Waals surface area contributed by atoms with Gasteiger partial charge in [0.05, 0.1) is 0 Å². The Balaban J connectivity index is 0.00000364. The molecule has 1 atom stereocenters. The van der Waals surface area contributed by atoms with E-state index >= 15 is 0 Å². The molecule has 1 aliphatic rings. The zero-order chi connectivity index (χ0) is 19.1. The van der Waals surface area contributed by atoms with Crippen LogP contribution in [-0.2, 0) is 11.2 Å². The Morgan fingerprint density at radius 2 is 2.11 bits per heavy atom. The second kappa shape index (κ2) is 11.5. The van der Waals surface area contributed by atoms with Crippen LogP contribution >= 0.6 is 24.0 Å². The number of nitrogens with zero attached hydrogens (tertiary/aromatic N) is 4. The quantitative estimate of drug-likeness (QED) is 0.262. The number of likely N-dealkylation sites (tertiary alicyclic amines) is 1. The maximum Gasteiger partial charge on any atom is 0.226 e. The van der Waals surface area contributed by atoms with Gasteiger partial charge < -0.3 is 20.1 Å². The van der Waals surface area contributed by atoms with E-state index in [0.717, 1.165) is 50.7 Å². The van der Waals surface area contributed by atoms with Gasteiger partial charge in [-0.1, -0.05) is 32.9 Å². The van der Waals surface area contributed by atoms with Crippen LogP contribution in [0.15, 0.2) is 9.52 Å². The highest BCUT2D eigenvalue weighted by Gasteiger charge is 2.27. The Morgan fingerprint density at radius 1 is 1.37 bits per heavy atom. The van der Waals surface area contributed by atoms with E-state index in [2.05, 4.69) is 25.8 Å². The summed E-state index contributed by atoms with van der Waals surface area (Å²) in [6.45, 7) is 10.3. The smallest absolute Gasteiger partial charge is 0.226 e. The van der Waals surface area contributed by atoms with Crippen LogP contribution in [0.4, 0.5) is 0 Å². The summed E-state index contributed by atoms with van der Waals surface area (Å²) in [5.41, 5.74) is 0. The molecular weight excluding hydrogens is 459 g/mol. The summed E-state index contributed by atoms with van der Waals surface area (Å²) < 4.78 is 5.25. The van der Waals surface area contributed by atoms with Crippen molar-refractivity contribution in [2.75, 3.05) is 26.7 Å². The molecule has 1 aromatic rings. The van der Waals surface area contributed by atoms with E-state index in [1.165, 1.54) is 0 Å². The molecule has 2 heterocycles. The number of amides is 1. The average Bonchev–Trinajstić information content (AvgIpc) is 3.26. The molecule has 0 aromatic carbocycles. The van der Waals surface area contributed by atoms with Crippen LogP contribution in [0.3, 0.4) is 0 Å². The third-order valence-corrected chi connectivity index (χ3v) is 4.42.